The van der Waals surface area contributed by atoms with E-state index in [9.17, 15) is 9.59 Å². The van der Waals surface area contributed by atoms with Gasteiger partial charge >= 0.3 is 11.9 Å². The molecule has 0 atom stereocenters. The number of allylic oxidation sites excluding steroid dienone is 2. The number of rotatable bonds is 5. The second-order valence-corrected chi connectivity index (χ2v) is 2.34. The average Bonchev–Trinajstić information content (AvgIpc) is 1.96. The molecule has 0 aromatic heterocycles. The molecule has 0 aromatic carbocycles. The van der Waals surface area contributed by atoms with Crippen molar-refractivity contribution in [1.29, 1.82) is 0 Å². The minimum atomic E-state index is -1.31. The van der Waals surface area contributed by atoms with Gasteiger partial charge in [0.2, 0.25) is 0 Å². The Labute approximate surface area is 70.5 Å². The van der Waals surface area contributed by atoms with Crippen LogP contribution in [0.5, 0.6) is 0 Å². The Kier molecular flexibility index (Phi) is 4.76. The van der Waals surface area contributed by atoms with E-state index in [1.165, 1.54) is 0 Å². The fraction of sp³-hybridized carbons (Fsp3) is 0.500. The second kappa shape index (κ2) is 5.35. The lowest BCUT2D eigenvalue weighted by Gasteiger charge is -2.01. The summed E-state index contributed by atoms with van der Waals surface area (Å²) in [6, 6.07) is 0. The van der Waals surface area contributed by atoms with Crippen LogP contribution < -0.4 is 0 Å². The zero-order chi connectivity index (χ0) is 9.56. The summed E-state index contributed by atoms with van der Waals surface area (Å²) < 4.78 is 0. The van der Waals surface area contributed by atoms with Crippen LogP contribution in [0, 0.1) is 5.92 Å². The topological polar surface area (TPSA) is 74.6 Å². The first kappa shape index (κ1) is 10.7. The average molecular weight is 172 g/mol. The standard InChI is InChI=1S/C8H12O4/c1-2-3-4-5-6(7(9)10)8(11)12/h3-4,6H,2,5H2,1H3,(H,9,10)(H,11,12). The molecule has 0 bridgehead atoms. The van der Waals surface area contributed by atoms with Crippen molar-refractivity contribution in [3.63, 3.8) is 0 Å². The van der Waals surface area contributed by atoms with Gasteiger partial charge in [0.05, 0.1) is 0 Å². The second-order valence-electron chi connectivity index (χ2n) is 2.34. The van der Waals surface area contributed by atoms with E-state index >= 15 is 0 Å². The first-order valence-electron chi connectivity index (χ1n) is 3.70. The van der Waals surface area contributed by atoms with Crippen molar-refractivity contribution in [2.45, 2.75) is 19.8 Å². The maximum atomic E-state index is 10.3. The van der Waals surface area contributed by atoms with Crippen LogP contribution in [0.2, 0.25) is 0 Å². The highest BCUT2D eigenvalue weighted by Crippen LogP contribution is 2.04. The Balaban J connectivity index is 4.06. The molecule has 0 aliphatic rings. The quantitative estimate of drug-likeness (QED) is 0.481. The van der Waals surface area contributed by atoms with Gasteiger partial charge in [0.1, 0.15) is 0 Å². The highest BCUT2D eigenvalue weighted by atomic mass is 16.4. The largest absolute Gasteiger partial charge is 0.481 e. The van der Waals surface area contributed by atoms with Crippen LogP contribution in [-0.4, -0.2) is 22.2 Å². The lowest BCUT2D eigenvalue weighted by Crippen LogP contribution is -2.22. The Bertz CT molecular complexity index is 181. The lowest BCUT2D eigenvalue weighted by atomic mass is 10.1. The van der Waals surface area contributed by atoms with Gasteiger partial charge in [0.15, 0.2) is 5.92 Å². The normalized spacial score (nSPS) is 10.8. The molecule has 0 heterocycles. The van der Waals surface area contributed by atoms with Gasteiger partial charge in [-0.05, 0) is 12.8 Å². The number of aliphatic carboxylic acids is 2. The highest BCUT2D eigenvalue weighted by Gasteiger charge is 2.23. The van der Waals surface area contributed by atoms with Crippen molar-refractivity contribution in [3.05, 3.63) is 12.2 Å². The molecule has 12 heavy (non-hydrogen) atoms. The molecule has 68 valence electrons. The van der Waals surface area contributed by atoms with Crippen molar-refractivity contribution in [2.75, 3.05) is 0 Å². The molecule has 0 saturated carbocycles. The van der Waals surface area contributed by atoms with E-state index in [-0.39, 0.29) is 6.42 Å². The molecule has 0 spiro atoms. The van der Waals surface area contributed by atoms with E-state index in [1.54, 1.807) is 12.2 Å². The maximum absolute atomic E-state index is 10.3. The van der Waals surface area contributed by atoms with E-state index in [4.69, 9.17) is 10.2 Å². The summed E-state index contributed by atoms with van der Waals surface area (Å²) in [6.07, 6.45) is 4.16. The Morgan fingerprint density at radius 2 is 1.75 bits per heavy atom. The van der Waals surface area contributed by atoms with Gasteiger partial charge in [-0.1, -0.05) is 19.1 Å². The van der Waals surface area contributed by atoms with Crippen LogP contribution >= 0.6 is 0 Å². The number of carbonyl (C=O) groups is 2. The Morgan fingerprint density at radius 1 is 1.25 bits per heavy atom. The number of carboxylic acid groups (broad SMARTS) is 2. The third-order valence-electron chi connectivity index (χ3n) is 1.37. The molecule has 0 aliphatic heterocycles. The Morgan fingerprint density at radius 3 is 2.08 bits per heavy atom. The third kappa shape index (κ3) is 3.75. The van der Waals surface area contributed by atoms with Crippen LogP contribution in [0.15, 0.2) is 12.2 Å². The molecule has 2 N–H and O–H groups in total. The van der Waals surface area contributed by atoms with Crippen LogP contribution in [-0.2, 0) is 9.59 Å². The van der Waals surface area contributed by atoms with E-state index in [0.29, 0.717) is 0 Å². The molecule has 0 saturated heterocycles. The smallest absolute Gasteiger partial charge is 0.318 e. The molecule has 0 radical (unpaired) electrons. The summed E-state index contributed by atoms with van der Waals surface area (Å²) in [5.74, 6) is -3.89. The molecule has 0 unspecified atom stereocenters. The van der Waals surface area contributed by atoms with Gasteiger partial charge in [0.25, 0.3) is 0 Å². The summed E-state index contributed by atoms with van der Waals surface area (Å²) >= 11 is 0. The van der Waals surface area contributed by atoms with Gasteiger partial charge in [0, 0.05) is 0 Å². The summed E-state index contributed by atoms with van der Waals surface area (Å²) in [5.41, 5.74) is 0. The molecule has 4 nitrogen and oxygen atoms in total. The lowest BCUT2D eigenvalue weighted by molar-refractivity contribution is -0.154. The summed E-state index contributed by atoms with van der Waals surface area (Å²) in [7, 11) is 0. The molecule has 0 fully saturated rings. The van der Waals surface area contributed by atoms with Crippen LogP contribution in [0.25, 0.3) is 0 Å². The zero-order valence-corrected chi connectivity index (χ0v) is 6.86. The Hall–Kier alpha value is -1.32. The van der Waals surface area contributed by atoms with Crippen LogP contribution in [0.4, 0.5) is 0 Å². The highest BCUT2D eigenvalue weighted by molar-refractivity contribution is 5.92. The molecule has 0 aromatic rings. The van der Waals surface area contributed by atoms with Crippen molar-refractivity contribution < 1.29 is 19.8 Å². The first-order chi connectivity index (χ1) is 5.59. The van der Waals surface area contributed by atoms with Crippen molar-refractivity contribution >= 4 is 11.9 Å². The van der Waals surface area contributed by atoms with Gasteiger partial charge in [-0.2, -0.15) is 0 Å². The summed E-state index contributed by atoms with van der Waals surface area (Å²) in [4.78, 5) is 20.6. The van der Waals surface area contributed by atoms with E-state index in [0.717, 1.165) is 6.42 Å². The van der Waals surface area contributed by atoms with Gasteiger partial charge in [-0.25, -0.2) is 0 Å². The maximum Gasteiger partial charge on any atom is 0.318 e. The van der Waals surface area contributed by atoms with Crippen molar-refractivity contribution in [3.8, 4) is 0 Å². The first-order valence-corrected chi connectivity index (χ1v) is 3.70. The third-order valence-corrected chi connectivity index (χ3v) is 1.37. The zero-order valence-electron chi connectivity index (χ0n) is 6.86. The van der Waals surface area contributed by atoms with E-state index in [2.05, 4.69) is 0 Å². The van der Waals surface area contributed by atoms with Gasteiger partial charge in [-0.3, -0.25) is 9.59 Å². The SMILES string of the molecule is CCC=CCC(C(=O)O)C(=O)O. The van der Waals surface area contributed by atoms with Gasteiger partial charge in [-0.15, -0.1) is 0 Å². The van der Waals surface area contributed by atoms with Crippen molar-refractivity contribution in [2.24, 2.45) is 5.92 Å². The predicted octanol–water partition coefficient (Wildman–Crippen LogP) is 1.13. The predicted molar refractivity (Wildman–Crippen MR) is 42.8 cm³/mol. The number of hydrogen-bond donors (Lipinski definition) is 2. The fourth-order valence-corrected chi connectivity index (χ4v) is 0.706. The molecule has 0 aliphatic carbocycles. The number of hydrogen-bond acceptors (Lipinski definition) is 2. The van der Waals surface area contributed by atoms with E-state index in [1.807, 2.05) is 6.92 Å². The minimum absolute atomic E-state index is 0.0541. The summed E-state index contributed by atoms with van der Waals surface area (Å²) in [6.45, 7) is 1.90. The van der Waals surface area contributed by atoms with Gasteiger partial charge < -0.3 is 10.2 Å². The van der Waals surface area contributed by atoms with Crippen LogP contribution in [0.3, 0.4) is 0 Å². The monoisotopic (exact) mass is 172 g/mol. The van der Waals surface area contributed by atoms with Crippen LogP contribution in [0.1, 0.15) is 19.8 Å². The minimum Gasteiger partial charge on any atom is -0.481 e. The molecule has 0 rings (SSSR count). The fourth-order valence-electron chi connectivity index (χ4n) is 0.706. The number of carboxylic acids is 2. The molecular formula is C8H12O4. The molecule has 4 heteroatoms. The van der Waals surface area contributed by atoms with E-state index < -0.39 is 17.9 Å². The molecule has 0 amide bonds. The van der Waals surface area contributed by atoms with Crippen molar-refractivity contribution in [1.82, 2.24) is 0 Å². The molecular weight excluding hydrogens is 160 g/mol. The summed E-state index contributed by atoms with van der Waals surface area (Å²) in [5, 5.41) is 16.9.